The van der Waals surface area contributed by atoms with Crippen LogP contribution in [0.25, 0.3) is 0 Å². The number of nitrogens with zero attached hydrogens (tertiary/aromatic N) is 1. The van der Waals surface area contributed by atoms with Gasteiger partial charge < -0.3 is 9.84 Å². The van der Waals surface area contributed by atoms with Crippen molar-refractivity contribution in [3.05, 3.63) is 30.1 Å². The van der Waals surface area contributed by atoms with Crippen LogP contribution in [0, 0.1) is 0 Å². The first-order valence-electron chi connectivity index (χ1n) is 4.39. The van der Waals surface area contributed by atoms with Gasteiger partial charge in [-0.2, -0.15) is 0 Å². The van der Waals surface area contributed by atoms with Crippen LogP contribution in [0.2, 0.25) is 0 Å². The van der Waals surface area contributed by atoms with Crippen molar-refractivity contribution in [2.24, 2.45) is 0 Å². The van der Waals surface area contributed by atoms with Gasteiger partial charge in [-0.25, -0.2) is 0 Å². The molecule has 0 aliphatic carbocycles. The van der Waals surface area contributed by atoms with Crippen LogP contribution < -0.4 is 0 Å². The Kier molecular flexibility index (Phi) is 4.07. The van der Waals surface area contributed by atoms with Gasteiger partial charge in [0.25, 0.3) is 0 Å². The summed E-state index contributed by atoms with van der Waals surface area (Å²) in [4.78, 5) is 14.6. The molecule has 4 nitrogen and oxygen atoms in total. The molecule has 1 aromatic rings. The second kappa shape index (κ2) is 5.34. The molecule has 0 aliphatic rings. The highest BCUT2D eigenvalue weighted by atomic mass is 16.5. The molecule has 4 heteroatoms. The molecule has 14 heavy (non-hydrogen) atoms. The summed E-state index contributed by atoms with van der Waals surface area (Å²) >= 11 is 0. The van der Waals surface area contributed by atoms with Gasteiger partial charge in [0.1, 0.15) is 6.61 Å². The van der Waals surface area contributed by atoms with E-state index in [1.165, 1.54) is 6.92 Å². The second-order valence-electron chi connectivity index (χ2n) is 2.94. The maximum Gasteiger partial charge on any atom is 0.302 e. The lowest BCUT2D eigenvalue weighted by atomic mass is 10.1. The highest BCUT2D eigenvalue weighted by Gasteiger charge is 2.12. The van der Waals surface area contributed by atoms with E-state index in [1.54, 1.807) is 18.3 Å². The SMILES string of the molecule is CC(=O)OCC(CO)c1ccccn1. The quantitative estimate of drug-likeness (QED) is 0.719. The summed E-state index contributed by atoms with van der Waals surface area (Å²) in [5.41, 5.74) is 0.733. The predicted octanol–water partition coefficient (Wildman–Crippen LogP) is 0.721. The third kappa shape index (κ3) is 3.14. The molecule has 0 saturated carbocycles. The molecule has 0 bridgehead atoms. The summed E-state index contributed by atoms with van der Waals surface area (Å²) in [6, 6.07) is 5.42. The third-order valence-corrected chi connectivity index (χ3v) is 1.81. The van der Waals surface area contributed by atoms with Gasteiger partial charge in [0.2, 0.25) is 0 Å². The molecule has 0 saturated heterocycles. The summed E-state index contributed by atoms with van der Waals surface area (Å²) in [5.74, 6) is -0.584. The fourth-order valence-corrected chi connectivity index (χ4v) is 1.07. The van der Waals surface area contributed by atoms with Crippen molar-refractivity contribution in [3.8, 4) is 0 Å². The van der Waals surface area contributed by atoms with E-state index in [0.29, 0.717) is 0 Å². The molecule has 0 radical (unpaired) electrons. The average molecular weight is 195 g/mol. The fraction of sp³-hybridized carbons (Fsp3) is 0.400. The number of aliphatic hydroxyl groups excluding tert-OH is 1. The molecule has 0 aromatic carbocycles. The minimum Gasteiger partial charge on any atom is -0.465 e. The molecular formula is C10H13NO3. The number of hydrogen-bond donors (Lipinski definition) is 1. The van der Waals surface area contributed by atoms with Crippen LogP contribution in [-0.2, 0) is 9.53 Å². The molecule has 1 unspecified atom stereocenters. The van der Waals surface area contributed by atoms with E-state index in [2.05, 4.69) is 4.98 Å². The zero-order chi connectivity index (χ0) is 10.4. The van der Waals surface area contributed by atoms with Gasteiger partial charge in [-0.05, 0) is 12.1 Å². The standard InChI is InChI=1S/C10H13NO3/c1-8(13)14-7-9(6-12)10-4-2-3-5-11-10/h2-5,9,12H,6-7H2,1H3. The minimum atomic E-state index is -0.348. The lowest BCUT2D eigenvalue weighted by Crippen LogP contribution is -2.15. The van der Waals surface area contributed by atoms with Crippen molar-refractivity contribution in [1.29, 1.82) is 0 Å². The molecule has 1 heterocycles. The van der Waals surface area contributed by atoms with Gasteiger partial charge in [-0.3, -0.25) is 9.78 Å². The first kappa shape index (κ1) is 10.7. The minimum absolute atomic E-state index is 0.0791. The van der Waals surface area contributed by atoms with Crippen molar-refractivity contribution in [2.75, 3.05) is 13.2 Å². The summed E-state index contributed by atoms with van der Waals surface area (Å²) in [5, 5.41) is 9.06. The molecule has 0 aliphatic heterocycles. The van der Waals surface area contributed by atoms with Gasteiger partial charge in [0.15, 0.2) is 0 Å². The Bertz CT molecular complexity index is 287. The van der Waals surface area contributed by atoms with Crippen LogP contribution in [0.1, 0.15) is 18.5 Å². The lowest BCUT2D eigenvalue weighted by molar-refractivity contribution is -0.141. The molecule has 1 rings (SSSR count). The Morgan fingerprint density at radius 2 is 2.43 bits per heavy atom. The van der Waals surface area contributed by atoms with Gasteiger partial charge in [0.05, 0.1) is 12.5 Å². The summed E-state index contributed by atoms with van der Waals surface area (Å²) in [6.45, 7) is 1.43. The Balaban J connectivity index is 2.58. The Morgan fingerprint density at radius 3 is 2.93 bits per heavy atom. The van der Waals surface area contributed by atoms with Crippen molar-refractivity contribution in [3.63, 3.8) is 0 Å². The number of carbonyl (C=O) groups is 1. The number of ether oxygens (including phenoxy) is 1. The first-order chi connectivity index (χ1) is 6.74. The normalized spacial score (nSPS) is 12.1. The van der Waals surface area contributed by atoms with Crippen molar-refractivity contribution in [1.82, 2.24) is 4.98 Å². The molecule has 0 spiro atoms. The molecule has 0 amide bonds. The maximum atomic E-state index is 10.6. The highest BCUT2D eigenvalue weighted by molar-refractivity contribution is 5.65. The van der Waals surface area contributed by atoms with Crippen LogP contribution >= 0.6 is 0 Å². The van der Waals surface area contributed by atoms with Crippen LogP contribution in [0.15, 0.2) is 24.4 Å². The van der Waals surface area contributed by atoms with Crippen LogP contribution in [-0.4, -0.2) is 29.3 Å². The van der Waals surface area contributed by atoms with E-state index < -0.39 is 0 Å². The Labute approximate surface area is 82.5 Å². The van der Waals surface area contributed by atoms with Gasteiger partial charge in [-0.1, -0.05) is 6.07 Å². The number of hydrogen-bond acceptors (Lipinski definition) is 4. The van der Waals surface area contributed by atoms with Gasteiger partial charge in [0, 0.05) is 18.8 Å². The number of rotatable bonds is 4. The highest BCUT2D eigenvalue weighted by Crippen LogP contribution is 2.12. The van der Waals surface area contributed by atoms with E-state index in [-0.39, 0.29) is 25.1 Å². The zero-order valence-electron chi connectivity index (χ0n) is 8.01. The fourth-order valence-electron chi connectivity index (χ4n) is 1.07. The van der Waals surface area contributed by atoms with Gasteiger partial charge >= 0.3 is 5.97 Å². The van der Waals surface area contributed by atoms with Gasteiger partial charge in [-0.15, -0.1) is 0 Å². The number of esters is 1. The van der Waals surface area contributed by atoms with E-state index in [4.69, 9.17) is 9.84 Å². The van der Waals surface area contributed by atoms with E-state index in [9.17, 15) is 4.79 Å². The molecular weight excluding hydrogens is 182 g/mol. The molecule has 1 N–H and O–H groups in total. The summed E-state index contributed by atoms with van der Waals surface area (Å²) in [6.07, 6.45) is 1.64. The second-order valence-corrected chi connectivity index (χ2v) is 2.94. The first-order valence-corrected chi connectivity index (χ1v) is 4.39. The Morgan fingerprint density at radius 1 is 1.64 bits per heavy atom. The van der Waals surface area contributed by atoms with E-state index in [1.807, 2.05) is 6.07 Å². The molecule has 1 atom stereocenters. The van der Waals surface area contributed by atoms with Crippen molar-refractivity contribution in [2.45, 2.75) is 12.8 Å². The largest absolute Gasteiger partial charge is 0.465 e. The number of carbonyl (C=O) groups excluding carboxylic acids is 1. The molecule has 1 aromatic heterocycles. The average Bonchev–Trinajstić information content (AvgIpc) is 2.20. The topological polar surface area (TPSA) is 59.4 Å². The van der Waals surface area contributed by atoms with Crippen LogP contribution in [0.5, 0.6) is 0 Å². The Hall–Kier alpha value is -1.42. The summed E-state index contributed by atoms with van der Waals surface area (Å²) in [7, 11) is 0. The number of aliphatic hydroxyl groups is 1. The zero-order valence-corrected chi connectivity index (χ0v) is 8.01. The molecule has 0 fully saturated rings. The van der Waals surface area contributed by atoms with Crippen LogP contribution in [0.4, 0.5) is 0 Å². The third-order valence-electron chi connectivity index (χ3n) is 1.81. The number of aromatic nitrogens is 1. The van der Waals surface area contributed by atoms with E-state index >= 15 is 0 Å². The van der Waals surface area contributed by atoms with Crippen molar-refractivity contribution < 1.29 is 14.6 Å². The maximum absolute atomic E-state index is 10.6. The van der Waals surface area contributed by atoms with E-state index in [0.717, 1.165) is 5.69 Å². The smallest absolute Gasteiger partial charge is 0.302 e. The summed E-state index contributed by atoms with van der Waals surface area (Å²) < 4.78 is 4.81. The lowest BCUT2D eigenvalue weighted by Gasteiger charge is -2.12. The van der Waals surface area contributed by atoms with Crippen molar-refractivity contribution >= 4 is 5.97 Å². The monoisotopic (exact) mass is 195 g/mol. The predicted molar refractivity (Wildman–Crippen MR) is 50.7 cm³/mol. The number of pyridine rings is 1. The van der Waals surface area contributed by atoms with Crippen LogP contribution in [0.3, 0.4) is 0 Å². The molecule has 76 valence electrons.